The van der Waals surface area contributed by atoms with Gasteiger partial charge in [-0.2, -0.15) is 13.2 Å². The van der Waals surface area contributed by atoms with E-state index in [0.29, 0.717) is 5.70 Å². The topological polar surface area (TPSA) is 20.3 Å². The predicted octanol–water partition coefficient (Wildman–Crippen LogP) is 4.65. The quantitative estimate of drug-likeness (QED) is 0.736. The molecule has 0 N–H and O–H groups in total. The van der Waals surface area contributed by atoms with Gasteiger partial charge in [-0.3, -0.25) is 4.79 Å². The molecule has 1 saturated carbocycles. The molecule has 0 aromatic heterocycles. The minimum atomic E-state index is -4.85. The van der Waals surface area contributed by atoms with Crippen LogP contribution in [-0.4, -0.2) is 24.0 Å². The van der Waals surface area contributed by atoms with Crippen LogP contribution in [0.25, 0.3) is 5.57 Å². The zero-order valence-corrected chi connectivity index (χ0v) is 13.3. The number of hydrogen-bond acceptors (Lipinski definition) is 1. The summed E-state index contributed by atoms with van der Waals surface area (Å²) in [6.07, 6.45) is 0.318. The van der Waals surface area contributed by atoms with Gasteiger partial charge in [-0.15, -0.1) is 0 Å². The Morgan fingerprint density at radius 2 is 1.78 bits per heavy atom. The van der Waals surface area contributed by atoms with Crippen LogP contribution in [0.3, 0.4) is 0 Å². The van der Waals surface area contributed by atoms with Crippen molar-refractivity contribution in [3.05, 3.63) is 41.1 Å². The fourth-order valence-electron chi connectivity index (χ4n) is 4.10. The van der Waals surface area contributed by atoms with Crippen LogP contribution in [-0.2, 0) is 10.2 Å². The van der Waals surface area contributed by atoms with Crippen LogP contribution in [0.1, 0.15) is 50.2 Å². The Balaban J connectivity index is 2.05. The van der Waals surface area contributed by atoms with E-state index in [0.717, 1.165) is 48.1 Å². The van der Waals surface area contributed by atoms with Crippen molar-refractivity contribution in [2.75, 3.05) is 7.05 Å². The van der Waals surface area contributed by atoms with E-state index < -0.39 is 12.1 Å². The number of alkyl halides is 3. The van der Waals surface area contributed by atoms with Gasteiger partial charge < -0.3 is 4.90 Å². The molecule has 2 nitrogen and oxygen atoms in total. The molecule has 0 unspecified atom stereocenters. The molecule has 1 aromatic rings. The zero-order chi connectivity index (χ0) is 16.8. The Morgan fingerprint density at radius 3 is 2.39 bits per heavy atom. The number of halogens is 3. The van der Waals surface area contributed by atoms with Crippen molar-refractivity contribution in [1.29, 1.82) is 0 Å². The average Bonchev–Trinajstić information content (AvgIpc) is 3.11. The summed E-state index contributed by atoms with van der Waals surface area (Å²) >= 11 is 0. The molecule has 0 heterocycles. The molecule has 2 aliphatic rings. The average molecular weight is 323 g/mol. The third kappa shape index (κ3) is 2.56. The van der Waals surface area contributed by atoms with Gasteiger partial charge in [-0.1, -0.05) is 37.1 Å². The molecule has 0 bridgehead atoms. The van der Waals surface area contributed by atoms with E-state index in [1.165, 1.54) is 12.6 Å². The summed E-state index contributed by atoms with van der Waals surface area (Å²) in [5.74, 6) is -1.81. The molecule has 1 spiro atoms. The maximum atomic E-state index is 12.7. The van der Waals surface area contributed by atoms with Gasteiger partial charge in [0.1, 0.15) is 0 Å². The molecule has 5 heteroatoms. The van der Waals surface area contributed by atoms with Crippen LogP contribution in [0.2, 0.25) is 0 Å². The van der Waals surface area contributed by atoms with Crippen molar-refractivity contribution >= 4 is 11.5 Å². The smallest absolute Gasteiger partial charge is 0.311 e. The van der Waals surface area contributed by atoms with E-state index in [9.17, 15) is 18.0 Å². The first-order chi connectivity index (χ1) is 10.8. The molecule has 1 aromatic carbocycles. The van der Waals surface area contributed by atoms with Crippen molar-refractivity contribution < 1.29 is 18.0 Å². The fraction of sp³-hybridized carbons (Fsp3) is 0.500. The maximum absolute atomic E-state index is 12.7. The summed E-state index contributed by atoms with van der Waals surface area (Å²) in [6.45, 7) is 1.61. The summed E-state index contributed by atoms with van der Waals surface area (Å²) in [5, 5.41) is 0. The Labute approximate surface area is 134 Å². The number of carbonyl (C=O) groups excluding carboxylic acids is 1. The number of rotatable bonds is 1. The predicted molar refractivity (Wildman–Crippen MR) is 82.6 cm³/mol. The van der Waals surface area contributed by atoms with Crippen molar-refractivity contribution in [2.24, 2.45) is 0 Å². The van der Waals surface area contributed by atoms with Crippen LogP contribution in [0.5, 0.6) is 0 Å². The van der Waals surface area contributed by atoms with Crippen molar-refractivity contribution in [2.45, 2.75) is 50.6 Å². The third-order valence-corrected chi connectivity index (χ3v) is 5.39. The Hall–Kier alpha value is -1.78. The van der Waals surface area contributed by atoms with Gasteiger partial charge in [0, 0.05) is 18.2 Å². The molecule has 23 heavy (non-hydrogen) atoms. The first-order valence-corrected chi connectivity index (χ1v) is 7.91. The molecular formula is C18H20F3NO. The van der Waals surface area contributed by atoms with Crippen molar-refractivity contribution in [1.82, 2.24) is 4.90 Å². The fourth-order valence-corrected chi connectivity index (χ4v) is 4.10. The lowest BCUT2D eigenvalue weighted by Crippen LogP contribution is -2.37. The van der Waals surface area contributed by atoms with Crippen LogP contribution < -0.4 is 0 Å². The minimum absolute atomic E-state index is 0.0509. The molecular weight excluding hydrogens is 303 g/mol. The number of nitrogens with zero attached hydrogens (tertiary/aromatic N) is 1. The van der Waals surface area contributed by atoms with E-state index in [-0.39, 0.29) is 5.41 Å². The van der Waals surface area contributed by atoms with E-state index in [2.05, 4.69) is 6.07 Å². The number of allylic oxidation sites excluding steroid dienone is 2. The van der Waals surface area contributed by atoms with Crippen LogP contribution in [0.15, 0.2) is 30.0 Å². The highest BCUT2D eigenvalue weighted by atomic mass is 19.4. The lowest BCUT2D eigenvalue weighted by atomic mass is 9.80. The highest BCUT2D eigenvalue weighted by molar-refractivity contribution is 5.87. The maximum Gasteiger partial charge on any atom is 0.471 e. The minimum Gasteiger partial charge on any atom is -0.311 e. The summed E-state index contributed by atoms with van der Waals surface area (Å²) < 4.78 is 38.2. The van der Waals surface area contributed by atoms with Gasteiger partial charge in [-0.25, -0.2) is 0 Å². The van der Waals surface area contributed by atoms with E-state index >= 15 is 0 Å². The molecule has 1 amide bonds. The number of amides is 1. The number of hydrogen-bond donors (Lipinski definition) is 0. The molecule has 0 saturated heterocycles. The van der Waals surface area contributed by atoms with Crippen LogP contribution in [0.4, 0.5) is 13.2 Å². The molecule has 0 atom stereocenters. The van der Waals surface area contributed by atoms with Crippen molar-refractivity contribution in [3.63, 3.8) is 0 Å². The number of carbonyl (C=O) groups is 1. The van der Waals surface area contributed by atoms with Gasteiger partial charge in [0.25, 0.3) is 0 Å². The van der Waals surface area contributed by atoms with Crippen LogP contribution >= 0.6 is 0 Å². The SMILES string of the molecule is CC(=C1CC2(CCCC2)c2ccccc21)N(C)C(=O)C(F)(F)F. The monoisotopic (exact) mass is 323 g/mol. The van der Waals surface area contributed by atoms with Gasteiger partial charge in [0.15, 0.2) is 0 Å². The van der Waals surface area contributed by atoms with E-state index in [4.69, 9.17) is 0 Å². The lowest BCUT2D eigenvalue weighted by Gasteiger charge is -2.25. The third-order valence-electron chi connectivity index (χ3n) is 5.39. The molecule has 1 fully saturated rings. The first-order valence-electron chi connectivity index (χ1n) is 7.91. The molecule has 2 aliphatic carbocycles. The Bertz CT molecular complexity index is 669. The summed E-state index contributed by atoms with van der Waals surface area (Å²) in [6, 6.07) is 7.95. The first kappa shape index (κ1) is 16.1. The molecule has 0 aliphatic heterocycles. The zero-order valence-electron chi connectivity index (χ0n) is 13.3. The molecule has 3 rings (SSSR count). The summed E-state index contributed by atoms with van der Waals surface area (Å²) in [7, 11) is 1.21. The second kappa shape index (κ2) is 5.39. The van der Waals surface area contributed by atoms with E-state index in [1.54, 1.807) is 6.92 Å². The lowest BCUT2D eigenvalue weighted by molar-refractivity contribution is -0.182. The number of fused-ring (bicyclic) bond motifs is 2. The second-order valence-electron chi connectivity index (χ2n) is 6.64. The van der Waals surface area contributed by atoms with Gasteiger partial charge in [-0.05, 0) is 42.9 Å². The second-order valence-corrected chi connectivity index (χ2v) is 6.64. The van der Waals surface area contributed by atoms with E-state index in [1.807, 2.05) is 18.2 Å². The summed E-state index contributed by atoms with van der Waals surface area (Å²) in [4.78, 5) is 12.3. The van der Waals surface area contributed by atoms with Gasteiger partial charge in [0.2, 0.25) is 0 Å². The largest absolute Gasteiger partial charge is 0.471 e. The highest BCUT2D eigenvalue weighted by Crippen LogP contribution is 2.55. The standard InChI is InChI=1S/C18H20F3NO/c1-12(22(2)16(23)18(19,20)21)14-11-17(9-5-6-10-17)15-8-4-3-7-13(14)15/h3-4,7-8H,5-6,9-11H2,1-2H3. The van der Waals surface area contributed by atoms with Crippen molar-refractivity contribution in [3.8, 4) is 0 Å². The van der Waals surface area contributed by atoms with Gasteiger partial charge in [0.05, 0.1) is 0 Å². The highest BCUT2D eigenvalue weighted by Gasteiger charge is 2.46. The van der Waals surface area contributed by atoms with Gasteiger partial charge >= 0.3 is 12.1 Å². The normalized spacial score (nSPS) is 21.4. The summed E-state index contributed by atoms with van der Waals surface area (Å²) in [5.41, 5.74) is 3.58. The number of benzene rings is 1. The Morgan fingerprint density at radius 1 is 1.17 bits per heavy atom. The molecule has 124 valence electrons. The molecule has 0 radical (unpaired) electrons. The van der Waals surface area contributed by atoms with Crippen LogP contribution in [0, 0.1) is 0 Å². The Kier molecular flexibility index (Phi) is 3.77.